The van der Waals surface area contributed by atoms with Crippen LogP contribution in [0.25, 0.3) is 22.3 Å². The van der Waals surface area contributed by atoms with E-state index >= 15 is 0 Å². The molecule has 1 aliphatic rings. The number of Topliss-reactive ketones (excluding diaryl/α,β-unsaturated/α-hetero) is 3. The van der Waals surface area contributed by atoms with Crippen LogP contribution in [-0.4, -0.2) is 95.2 Å². The number of aromatic amines is 1. The molecule has 0 saturated heterocycles. The Morgan fingerprint density at radius 1 is 0.809 bits per heavy atom. The van der Waals surface area contributed by atoms with Crippen molar-refractivity contribution in [3.63, 3.8) is 0 Å². The average Bonchev–Trinajstić information content (AvgIpc) is 3.88. The van der Waals surface area contributed by atoms with Gasteiger partial charge in [0.1, 0.15) is 42.9 Å². The molecule has 0 radical (unpaired) electrons. The Hall–Kier alpha value is -6.55. The van der Waals surface area contributed by atoms with Crippen molar-refractivity contribution in [3.05, 3.63) is 119 Å². The fraction of sp³-hybridized carbons (Fsp3) is 0.415. The summed E-state index contributed by atoms with van der Waals surface area (Å²) in [6.07, 6.45) is 5.57. The van der Waals surface area contributed by atoms with Gasteiger partial charge in [0, 0.05) is 74.3 Å². The van der Waals surface area contributed by atoms with Gasteiger partial charge in [-0.1, -0.05) is 80.9 Å². The molecule has 8 N–H and O–H groups in total. The first-order valence-electron chi connectivity index (χ1n) is 23.8. The van der Waals surface area contributed by atoms with E-state index < -0.39 is 41.5 Å². The normalized spacial score (nSPS) is 16.6. The van der Waals surface area contributed by atoms with Gasteiger partial charge in [0.15, 0.2) is 17.3 Å². The number of nitrogens with one attached hydrogen (secondary N) is 2. The Morgan fingerprint density at radius 3 is 2.10 bits per heavy atom. The van der Waals surface area contributed by atoms with E-state index in [2.05, 4.69) is 51.7 Å². The maximum absolute atomic E-state index is 14.9. The molecule has 0 saturated carbocycles. The molecule has 0 fully saturated rings. The zero-order valence-electron chi connectivity index (χ0n) is 39.5. The number of ether oxygens (including phenoxy) is 2. The van der Waals surface area contributed by atoms with Crippen molar-refractivity contribution in [1.82, 2.24) is 25.4 Å². The summed E-state index contributed by atoms with van der Waals surface area (Å²) in [5, 5.41) is 9.59. The molecule has 2 heterocycles. The first-order valence-corrected chi connectivity index (χ1v) is 23.8. The van der Waals surface area contributed by atoms with Crippen LogP contribution in [0.2, 0.25) is 0 Å². The van der Waals surface area contributed by atoms with E-state index in [0.717, 1.165) is 36.0 Å². The summed E-state index contributed by atoms with van der Waals surface area (Å²) in [5.74, 6) is -2.01. The molecular weight excluding hydrogens is 861 g/mol. The second-order valence-electron chi connectivity index (χ2n) is 17.6. The number of hydrogen-bond donors (Lipinski definition) is 5. The van der Waals surface area contributed by atoms with Crippen LogP contribution in [-0.2, 0) is 38.4 Å². The molecule has 0 unspecified atom stereocenters. The van der Waals surface area contributed by atoms with E-state index in [0.29, 0.717) is 59.0 Å². The van der Waals surface area contributed by atoms with Gasteiger partial charge in [-0.25, -0.2) is 4.98 Å². The van der Waals surface area contributed by atoms with Crippen LogP contribution < -0.4 is 32.0 Å². The highest BCUT2D eigenvalue weighted by atomic mass is 16.5. The van der Waals surface area contributed by atoms with Crippen molar-refractivity contribution in [2.24, 2.45) is 29.0 Å². The molecule has 5 aromatic rings. The van der Waals surface area contributed by atoms with Crippen molar-refractivity contribution in [3.8, 4) is 33.8 Å². The lowest BCUT2D eigenvalue weighted by Crippen LogP contribution is -2.46. The van der Waals surface area contributed by atoms with Crippen molar-refractivity contribution in [2.75, 3.05) is 39.9 Å². The molecule has 0 aliphatic carbocycles. The number of benzene rings is 4. The maximum atomic E-state index is 14.9. The number of likely N-dealkylation sites (N-methyl/N-ethyl adjacent to an activating group) is 1. The standard InChI is InChI=1S/C53H66N8O7/c1-4-5-7-35-9-12-37(13-10-35)38-14-16-39(17-15-38)46(63)32-41(8-6-23-54)53(66)61(3)51-40-18-21-49(68-27-25-56)43(31-40)42-29-36(11-20-48(42)67-26-24-55)30-44(59-52(65)34(2)28-47(51)64)45(62)19-22-50-57-33-58-60-50/h9-18,20-21,29,31,33-34,41,44,51H,4-8,19,22-28,30,32,54-56H2,1-3H3,(H,59,65)(H,57,58,60)/t34-,41-,44+,51+/m1/s1. The van der Waals surface area contributed by atoms with Crippen LogP contribution in [0.4, 0.5) is 0 Å². The molecule has 4 aromatic carbocycles. The van der Waals surface area contributed by atoms with E-state index in [1.165, 1.54) is 16.8 Å². The number of carbonyl (C=O) groups is 5. The van der Waals surface area contributed by atoms with Crippen molar-refractivity contribution in [2.45, 2.75) is 90.1 Å². The fourth-order valence-electron chi connectivity index (χ4n) is 8.65. The van der Waals surface area contributed by atoms with E-state index in [1.807, 2.05) is 24.3 Å². The van der Waals surface area contributed by atoms with E-state index in [4.69, 9.17) is 26.7 Å². The predicted molar refractivity (Wildman–Crippen MR) is 262 cm³/mol. The molecule has 15 heteroatoms. The summed E-state index contributed by atoms with van der Waals surface area (Å²) < 4.78 is 12.4. The fourth-order valence-corrected chi connectivity index (χ4v) is 8.65. The summed E-state index contributed by atoms with van der Waals surface area (Å²) in [4.78, 5) is 77.2. The number of aryl methyl sites for hydroxylation is 2. The zero-order valence-corrected chi connectivity index (χ0v) is 39.5. The molecule has 4 atom stereocenters. The van der Waals surface area contributed by atoms with Crippen LogP contribution in [0.1, 0.15) is 97.7 Å². The van der Waals surface area contributed by atoms with Crippen LogP contribution in [0.3, 0.4) is 0 Å². The van der Waals surface area contributed by atoms with Crippen molar-refractivity contribution >= 4 is 29.2 Å². The molecule has 68 heavy (non-hydrogen) atoms. The van der Waals surface area contributed by atoms with Gasteiger partial charge in [-0.2, -0.15) is 5.10 Å². The Bertz CT molecular complexity index is 2480. The summed E-state index contributed by atoms with van der Waals surface area (Å²) in [7, 11) is 1.55. The third-order valence-corrected chi connectivity index (χ3v) is 12.5. The molecule has 1 aromatic heterocycles. The number of H-pyrrole nitrogens is 1. The number of unbranched alkanes of at least 4 members (excludes halogenated alkanes) is 1. The van der Waals surface area contributed by atoms with Crippen LogP contribution in [0.15, 0.2) is 91.3 Å². The minimum absolute atomic E-state index is 0.0683. The van der Waals surface area contributed by atoms with Crippen LogP contribution >= 0.6 is 0 Å². The monoisotopic (exact) mass is 927 g/mol. The molecule has 1 aliphatic heterocycles. The number of amides is 2. The molecule has 2 amide bonds. The summed E-state index contributed by atoms with van der Waals surface area (Å²) >= 11 is 0. The lowest BCUT2D eigenvalue weighted by molar-refractivity contribution is -0.142. The van der Waals surface area contributed by atoms with E-state index in [-0.39, 0.29) is 70.0 Å². The van der Waals surface area contributed by atoms with E-state index in [1.54, 1.807) is 50.4 Å². The first kappa shape index (κ1) is 50.9. The van der Waals surface area contributed by atoms with Gasteiger partial charge in [-0.3, -0.25) is 29.1 Å². The highest BCUT2D eigenvalue weighted by Gasteiger charge is 2.36. The van der Waals surface area contributed by atoms with Gasteiger partial charge in [0.05, 0.1) is 6.04 Å². The maximum Gasteiger partial charge on any atom is 0.226 e. The number of ketones is 3. The third-order valence-electron chi connectivity index (χ3n) is 12.5. The topological polar surface area (TPSA) is 239 Å². The quantitative estimate of drug-likeness (QED) is 0.0494. The number of carbonyl (C=O) groups excluding carboxylic acids is 5. The van der Waals surface area contributed by atoms with Gasteiger partial charge < -0.3 is 36.9 Å². The largest absolute Gasteiger partial charge is 0.492 e. The van der Waals surface area contributed by atoms with E-state index in [9.17, 15) is 24.0 Å². The number of hydrogen-bond acceptors (Lipinski definition) is 12. The molecule has 6 rings (SSSR count). The summed E-state index contributed by atoms with van der Waals surface area (Å²) in [6.45, 7) is 4.94. The number of fused-ring (bicyclic) bond motifs is 5. The highest BCUT2D eigenvalue weighted by molar-refractivity contribution is 6.00. The second kappa shape index (κ2) is 25.0. The third kappa shape index (κ3) is 13.3. The number of rotatable bonds is 22. The number of aromatic nitrogens is 3. The van der Waals surface area contributed by atoms with Gasteiger partial charge >= 0.3 is 0 Å². The average molecular weight is 927 g/mol. The van der Waals surface area contributed by atoms with Crippen molar-refractivity contribution in [1.29, 1.82) is 0 Å². The minimum Gasteiger partial charge on any atom is -0.492 e. The van der Waals surface area contributed by atoms with Crippen LogP contribution in [0.5, 0.6) is 11.5 Å². The number of nitrogens with zero attached hydrogens (tertiary/aromatic N) is 3. The molecule has 360 valence electrons. The Kier molecular flexibility index (Phi) is 18.7. The molecule has 15 nitrogen and oxygen atoms in total. The minimum atomic E-state index is -1.19. The van der Waals surface area contributed by atoms with Crippen molar-refractivity contribution < 1.29 is 33.4 Å². The Morgan fingerprint density at radius 2 is 1.47 bits per heavy atom. The summed E-state index contributed by atoms with van der Waals surface area (Å²) in [6, 6.07) is 24.5. The molecule has 0 spiro atoms. The lowest BCUT2D eigenvalue weighted by atomic mass is 9.87. The highest BCUT2D eigenvalue weighted by Crippen LogP contribution is 2.41. The Balaban J connectivity index is 1.35. The smallest absolute Gasteiger partial charge is 0.226 e. The predicted octanol–water partition coefficient (Wildman–Crippen LogP) is 6.12. The van der Waals surface area contributed by atoms with Gasteiger partial charge in [0.25, 0.3) is 0 Å². The second-order valence-corrected chi connectivity index (χ2v) is 17.6. The first-order chi connectivity index (χ1) is 32.9. The summed E-state index contributed by atoms with van der Waals surface area (Å²) in [5.41, 5.74) is 23.8. The zero-order chi connectivity index (χ0) is 48.6. The Labute approximate surface area is 398 Å². The van der Waals surface area contributed by atoms with Crippen LogP contribution in [0, 0.1) is 11.8 Å². The molecule has 4 bridgehead atoms. The SMILES string of the molecule is CCCCc1ccc(-c2ccc(C(=O)C[C@@H](CCCN)C(=O)N(C)[C@@H]3C(=O)C[C@@H](C)C(=O)N[C@H](C(=O)CCc4ncn[nH]4)Cc4ccc(OCCN)c(c4)-c4cc3ccc4OCCN)cc2)cc1. The molecular formula is C53H66N8O7. The van der Waals surface area contributed by atoms with Gasteiger partial charge in [0.2, 0.25) is 11.8 Å². The van der Waals surface area contributed by atoms with Gasteiger partial charge in [-0.15, -0.1) is 0 Å². The lowest BCUT2D eigenvalue weighted by Gasteiger charge is -2.32. The van der Waals surface area contributed by atoms with Gasteiger partial charge in [-0.05, 0) is 90.7 Å². The number of nitrogens with two attached hydrogens (primary N) is 3.